The van der Waals surface area contributed by atoms with Crippen LogP contribution in [0.15, 0.2) is 35.7 Å². The SMILES string of the molecule is CCCCN(C(=O)c1csc(CCN)n1)c1ccccc1.Cl. The fraction of sp³-hybridized carbons (Fsp3) is 0.375. The molecule has 0 fully saturated rings. The van der Waals surface area contributed by atoms with E-state index >= 15 is 0 Å². The third kappa shape index (κ3) is 4.80. The molecule has 0 unspecified atom stereocenters. The number of nitrogens with two attached hydrogens (primary N) is 1. The van der Waals surface area contributed by atoms with Crippen molar-refractivity contribution in [2.45, 2.75) is 26.2 Å². The van der Waals surface area contributed by atoms with Crippen molar-refractivity contribution in [3.63, 3.8) is 0 Å². The topological polar surface area (TPSA) is 59.2 Å². The van der Waals surface area contributed by atoms with Crippen molar-refractivity contribution in [2.24, 2.45) is 5.73 Å². The third-order valence-corrected chi connectivity index (χ3v) is 4.09. The number of nitrogens with zero attached hydrogens (tertiary/aromatic N) is 2. The summed E-state index contributed by atoms with van der Waals surface area (Å²) in [5.41, 5.74) is 6.97. The summed E-state index contributed by atoms with van der Waals surface area (Å²) in [5.74, 6) is -0.0332. The molecule has 0 radical (unpaired) electrons. The van der Waals surface area contributed by atoms with Crippen LogP contribution < -0.4 is 10.6 Å². The molecule has 1 aromatic carbocycles. The van der Waals surface area contributed by atoms with E-state index < -0.39 is 0 Å². The van der Waals surface area contributed by atoms with Gasteiger partial charge in [-0.25, -0.2) is 4.98 Å². The van der Waals surface area contributed by atoms with Crippen molar-refractivity contribution >= 4 is 35.3 Å². The van der Waals surface area contributed by atoms with E-state index in [0.29, 0.717) is 18.8 Å². The molecule has 6 heteroatoms. The molecule has 120 valence electrons. The van der Waals surface area contributed by atoms with Crippen LogP contribution in [-0.2, 0) is 6.42 Å². The van der Waals surface area contributed by atoms with Crippen LogP contribution in [0.5, 0.6) is 0 Å². The van der Waals surface area contributed by atoms with Gasteiger partial charge in [0.2, 0.25) is 0 Å². The van der Waals surface area contributed by atoms with Crippen LogP contribution in [0, 0.1) is 0 Å². The highest BCUT2D eigenvalue weighted by atomic mass is 35.5. The predicted octanol–water partition coefficient (Wildman–Crippen LogP) is 3.51. The van der Waals surface area contributed by atoms with Crippen molar-refractivity contribution in [3.05, 3.63) is 46.4 Å². The van der Waals surface area contributed by atoms with Crippen LogP contribution in [0.3, 0.4) is 0 Å². The highest BCUT2D eigenvalue weighted by Gasteiger charge is 2.19. The summed E-state index contributed by atoms with van der Waals surface area (Å²) in [6, 6.07) is 9.76. The standard InChI is InChI=1S/C16H21N3OS.ClH/c1-2-3-11-19(13-7-5-4-6-8-13)16(20)14-12-21-15(18-14)9-10-17;/h4-8,12H,2-3,9-11,17H2,1H3;1H. The van der Waals surface area contributed by atoms with Crippen molar-refractivity contribution in [2.75, 3.05) is 18.0 Å². The number of carbonyl (C=O) groups excluding carboxylic acids is 1. The Labute approximate surface area is 141 Å². The molecule has 0 aliphatic carbocycles. The molecule has 0 bridgehead atoms. The van der Waals surface area contributed by atoms with Gasteiger partial charge in [0.15, 0.2) is 0 Å². The number of aromatic nitrogens is 1. The first-order valence-electron chi connectivity index (χ1n) is 7.27. The van der Waals surface area contributed by atoms with Crippen LogP contribution in [-0.4, -0.2) is 24.0 Å². The number of thiazole rings is 1. The van der Waals surface area contributed by atoms with E-state index in [9.17, 15) is 4.79 Å². The average Bonchev–Trinajstić information content (AvgIpc) is 2.97. The highest BCUT2D eigenvalue weighted by molar-refractivity contribution is 7.09. The largest absolute Gasteiger partial charge is 0.330 e. The van der Waals surface area contributed by atoms with Gasteiger partial charge in [-0.1, -0.05) is 31.5 Å². The number of hydrogen-bond acceptors (Lipinski definition) is 4. The van der Waals surface area contributed by atoms with Crippen LogP contribution in [0.2, 0.25) is 0 Å². The summed E-state index contributed by atoms with van der Waals surface area (Å²) in [5, 5.41) is 2.75. The first kappa shape index (κ1) is 18.6. The Morgan fingerprint density at radius 1 is 1.32 bits per heavy atom. The first-order chi connectivity index (χ1) is 10.3. The van der Waals surface area contributed by atoms with E-state index in [0.717, 1.165) is 30.0 Å². The maximum Gasteiger partial charge on any atom is 0.277 e. The zero-order valence-corrected chi connectivity index (χ0v) is 14.3. The Balaban J connectivity index is 0.00000242. The van der Waals surface area contributed by atoms with Gasteiger partial charge < -0.3 is 10.6 Å². The molecule has 2 rings (SSSR count). The molecule has 0 atom stereocenters. The lowest BCUT2D eigenvalue weighted by atomic mass is 10.2. The van der Waals surface area contributed by atoms with Crippen molar-refractivity contribution < 1.29 is 4.79 Å². The van der Waals surface area contributed by atoms with Crippen LogP contribution in [0.4, 0.5) is 5.69 Å². The predicted molar refractivity (Wildman–Crippen MR) is 95.1 cm³/mol. The number of anilines is 1. The number of benzene rings is 1. The minimum Gasteiger partial charge on any atom is -0.330 e. The van der Waals surface area contributed by atoms with E-state index in [1.54, 1.807) is 0 Å². The summed E-state index contributed by atoms with van der Waals surface area (Å²) in [6.07, 6.45) is 2.74. The molecule has 1 heterocycles. The van der Waals surface area contributed by atoms with Gasteiger partial charge in [0.05, 0.1) is 5.01 Å². The fourth-order valence-corrected chi connectivity index (χ4v) is 2.85. The lowest BCUT2D eigenvalue weighted by Gasteiger charge is -2.21. The van der Waals surface area contributed by atoms with Gasteiger partial charge in [-0.05, 0) is 25.1 Å². The third-order valence-electron chi connectivity index (χ3n) is 3.18. The van der Waals surface area contributed by atoms with Gasteiger partial charge in [-0.2, -0.15) is 0 Å². The number of para-hydroxylation sites is 1. The Hall–Kier alpha value is -1.43. The smallest absolute Gasteiger partial charge is 0.277 e. The number of halogens is 1. The summed E-state index contributed by atoms with van der Waals surface area (Å²) in [6.45, 7) is 3.39. The summed E-state index contributed by atoms with van der Waals surface area (Å²) in [7, 11) is 0. The molecule has 4 nitrogen and oxygen atoms in total. The number of carbonyl (C=O) groups is 1. The second-order valence-electron chi connectivity index (χ2n) is 4.81. The van der Waals surface area contributed by atoms with E-state index in [1.165, 1.54) is 11.3 Å². The number of hydrogen-bond donors (Lipinski definition) is 1. The Morgan fingerprint density at radius 2 is 2.05 bits per heavy atom. The second-order valence-corrected chi connectivity index (χ2v) is 5.75. The van der Waals surface area contributed by atoms with Gasteiger partial charge in [-0.3, -0.25) is 4.79 Å². The molecule has 0 aliphatic heterocycles. The molecule has 1 amide bonds. The lowest BCUT2D eigenvalue weighted by Crippen LogP contribution is -2.32. The fourth-order valence-electron chi connectivity index (χ4n) is 2.06. The zero-order chi connectivity index (χ0) is 15.1. The van der Waals surface area contributed by atoms with Gasteiger partial charge >= 0.3 is 0 Å². The van der Waals surface area contributed by atoms with Gasteiger partial charge in [-0.15, -0.1) is 23.7 Å². The van der Waals surface area contributed by atoms with E-state index in [1.807, 2.05) is 40.6 Å². The Bertz CT molecular complexity index is 574. The summed E-state index contributed by atoms with van der Waals surface area (Å²) >= 11 is 1.50. The molecule has 1 aromatic heterocycles. The molecule has 0 aliphatic rings. The van der Waals surface area contributed by atoms with E-state index in [4.69, 9.17) is 5.73 Å². The maximum atomic E-state index is 12.7. The van der Waals surface area contributed by atoms with Gasteiger partial charge in [0.25, 0.3) is 5.91 Å². The van der Waals surface area contributed by atoms with Gasteiger partial charge in [0, 0.05) is 24.0 Å². The van der Waals surface area contributed by atoms with E-state index in [-0.39, 0.29) is 18.3 Å². The molecule has 0 saturated carbocycles. The first-order valence-corrected chi connectivity index (χ1v) is 8.15. The molecule has 0 saturated heterocycles. The average molecular weight is 340 g/mol. The molecule has 2 aromatic rings. The van der Waals surface area contributed by atoms with Crippen molar-refractivity contribution in [1.82, 2.24) is 4.98 Å². The Kier molecular flexibility index (Phi) is 8.09. The van der Waals surface area contributed by atoms with Crippen LogP contribution in [0.25, 0.3) is 0 Å². The van der Waals surface area contributed by atoms with Crippen molar-refractivity contribution in [3.8, 4) is 0 Å². The molecular formula is C16H22ClN3OS. The van der Waals surface area contributed by atoms with Gasteiger partial charge in [0.1, 0.15) is 5.69 Å². The number of unbranched alkanes of at least 4 members (excludes halogenated alkanes) is 1. The second kappa shape index (κ2) is 9.56. The minimum absolute atomic E-state index is 0. The molecule has 22 heavy (non-hydrogen) atoms. The quantitative estimate of drug-likeness (QED) is 0.839. The Morgan fingerprint density at radius 3 is 2.68 bits per heavy atom. The van der Waals surface area contributed by atoms with Crippen LogP contribution >= 0.6 is 23.7 Å². The number of rotatable bonds is 7. The molecule has 0 spiro atoms. The molecular weight excluding hydrogens is 318 g/mol. The minimum atomic E-state index is -0.0332. The summed E-state index contributed by atoms with van der Waals surface area (Å²) in [4.78, 5) is 18.9. The molecule has 2 N–H and O–H groups in total. The van der Waals surface area contributed by atoms with Crippen LogP contribution in [0.1, 0.15) is 35.3 Å². The normalized spacial score (nSPS) is 10.1. The highest BCUT2D eigenvalue weighted by Crippen LogP contribution is 2.19. The monoisotopic (exact) mass is 339 g/mol. The maximum absolute atomic E-state index is 12.7. The number of amides is 1. The zero-order valence-electron chi connectivity index (χ0n) is 12.7. The van der Waals surface area contributed by atoms with Crippen molar-refractivity contribution in [1.29, 1.82) is 0 Å². The van der Waals surface area contributed by atoms with E-state index in [2.05, 4.69) is 11.9 Å². The lowest BCUT2D eigenvalue weighted by molar-refractivity contribution is 0.0982. The summed E-state index contributed by atoms with van der Waals surface area (Å²) < 4.78 is 0.